The van der Waals surface area contributed by atoms with Crippen LogP contribution in [0.5, 0.6) is 0 Å². The minimum atomic E-state index is 0.427. The summed E-state index contributed by atoms with van der Waals surface area (Å²) in [4.78, 5) is 2.62. The molecule has 2 heteroatoms. The maximum atomic E-state index is 6.03. The van der Waals surface area contributed by atoms with E-state index in [1.165, 1.54) is 43.5 Å². The van der Waals surface area contributed by atoms with E-state index in [0.29, 0.717) is 6.04 Å². The minimum Gasteiger partial charge on any atom is -0.329 e. The zero-order valence-electron chi connectivity index (χ0n) is 11.3. The average Bonchev–Trinajstić information content (AvgIpc) is 2.93. The second-order valence-electron chi connectivity index (χ2n) is 6.07. The Bertz CT molecular complexity index is 386. The van der Waals surface area contributed by atoms with Crippen LogP contribution in [0.2, 0.25) is 0 Å². The van der Waals surface area contributed by atoms with Crippen molar-refractivity contribution >= 4 is 0 Å². The molecule has 1 aliphatic heterocycles. The van der Waals surface area contributed by atoms with Crippen LogP contribution >= 0.6 is 0 Å². The monoisotopic (exact) mass is 244 g/mol. The fraction of sp³-hybridized carbons (Fsp3) is 0.625. The highest BCUT2D eigenvalue weighted by molar-refractivity contribution is 5.24. The molecule has 1 saturated heterocycles. The predicted octanol–water partition coefficient (Wildman–Crippen LogP) is 2.73. The summed E-state index contributed by atoms with van der Waals surface area (Å²) < 4.78 is 0. The number of likely N-dealkylation sites (tertiary alicyclic amines) is 1. The van der Waals surface area contributed by atoms with Gasteiger partial charge in [0.2, 0.25) is 0 Å². The van der Waals surface area contributed by atoms with Gasteiger partial charge in [-0.05, 0) is 37.2 Å². The van der Waals surface area contributed by atoms with Crippen LogP contribution in [0, 0.1) is 18.8 Å². The molecule has 1 aromatic rings. The van der Waals surface area contributed by atoms with Crippen LogP contribution in [-0.2, 0) is 0 Å². The number of hydrogen-bond acceptors (Lipinski definition) is 2. The van der Waals surface area contributed by atoms with E-state index >= 15 is 0 Å². The molecule has 1 aliphatic carbocycles. The van der Waals surface area contributed by atoms with Crippen LogP contribution in [0.25, 0.3) is 0 Å². The molecule has 1 aromatic carbocycles. The van der Waals surface area contributed by atoms with E-state index in [9.17, 15) is 0 Å². The Morgan fingerprint density at radius 1 is 1.17 bits per heavy atom. The largest absolute Gasteiger partial charge is 0.329 e. The highest BCUT2D eigenvalue weighted by Gasteiger charge is 2.38. The van der Waals surface area contributed by atoms with E-state index < -0.39 is 0 Å². The third-order valence-electron chi connectivity index (χ3n) is 4.88. The second-order valence-corrected chi connectivity index (χ2v) is 6.07. The molecule has 3 rings (SSSR count). The Kier molecular flexibility index (Phi) is 3.40. The van der Waals surface area contributed by atoms with E-state index in [-0.39, 0.29) is 0 Å². The second kappa shape index (κ2) is 5.02. The van der Waals surface area contributed by atoms with E-state index in [2.05, 4.69) is 36.1 Å². The summed E-state index contributed by atoms with van der Waals surface area (Å²) >= 11 is 0. The van der Waals surface area contributed by atoms with Crippen molar-refractivity contribution in [3.63, 3.8) is 0 Å². The van der Waals surface area contributed by atoms with Crippen LogP contribution in [0.1, 0.15) is 36.4 Å². The summed E-state index contributed by atoms with van der Waals surface area (Å²) in [6.45, 7) is 5.41. The van der Waals surface area contributed by atoms with Gasteiger partial charge in [-0.3, -0.25) is 4.90 Å². The maximum Gasteiger partial charge on any atom is 0.0470 e. The number of aryl methyl sites for hydroxylation is 1. The smallest absolute Gasteiger partial charge is 0.0470 e. The van der Waals surface area contributed by atoms with Crippen molar-refractivity contribution < 1.29 is 0 Å². The Hall–Kier alpha value is -0.860. The number of nitrogens with two attached hydrogens (primary N) is 1. The lowest BCUT2D eigenvalue weighted by Gasteiger charge is -2.28. The molecular formula is C16H24N2. The molecule has 18 heavy (non-hydrogen) atoms. The quantitative estimate of drug-likeness (QED) is 0.886. The molecule has 2 fully saturated rings. The molecule has 0 amide bonds. The summed E-state index contributed by atoms with van der Waals surface area (Å²) in [5.41, 5.74) is 8.75. The lowest BCUT2D eigenvalue weighted by Crippen LogP contribution is -2.32. The van der Waals surface area contributed by atoms with Crippen molar-refractivity contribution in [3.8, 4) is 0 Å². The number of nitrogens with zero attached hydrogens (tertiary/aromatic N) is 1. The lowest BCUT2D eigenvalue weighted by atomic mass is 10.0. The summed E-state index contributed by atoms with van der Waals surface area (Å²) in [5, 5.41) is 0. The first-order chi connectivity index (χ1) is 8.78. The molecule has 0 spiro atoms. The molecule has 2 aliphatic rings. The summed E-state index contributed by atoms with van der Waals surface area (Å²) in [5.74, 6) is 1.90. The molecule has 2 nitrogen and oxygen atoms in total. The number of benzene rings is 1. The zero-order chi connectivity index (χ0) is 12.5. The van der Waals surface area contributed by atoms with Gasteiger partial charge in [-0.1, -0.05) is 36.2 Å². The summed E-state index contributed by atoms with van der Waals surface area (Å²) in [7, 11) is 0. The molecule has 1 saturated carbocycles. The van der Waals surface area contributed by atoms with E-state index in [1.54, 1.807) is 0 Å². The Balaban J connectivity index is 1.75. The Morgan fingerprint density at radius 2 is 1.78 bits per heavy atom. The maximum absolute atomic E-state index is 6.03. The van der Waals surface area contributed by atoms with E-state index in [1.807, 2.05) is 0 Å². The first kappa shape index (κ1) is 12.2. The van der Waals surface area contributed by atoms with Crippen molar-refractivity contribution in [2.45, 2.75) is 32.2 Å². The van der Waals surface area contributed by atoms with Crippen molar-refractivity contribution in [2.75, 3.05) is 19.6 Å². The standard InChI is InChI=1S/C16H24N2/c1-12-5-7-13(8-6-12)16(9-17)18-10-14-3-2-4-15(14)11-18/h5-8,14-16H,2-4,9-11,17H2,1H3. The lowest BCUT2D eigenvalue weighted by molar-refractivity contribution is 0.232. The summed E-state index contributed by atoms with van der Waals surface area (Å²) in [6, 6.07) is 9.34. The van der Waals surface area contributed by atoms with Crippen molar-refractivity contribution in [2.24, 2.45) is 17.6 Å². The molecule has 0 aromatic heterocycles. The van der Waals surface area contributed by atoms with Crippen LogP contribution < -0.4 is 5.73 Å². The van der Waals surface area contributed by atoms with Gasteiger partial charge >= 0.3 is 0 Å². The topological polar surface area (TPSA) is 29.3 Å². The van der Waals surface area contributed by atoms with Gasteiger partial charge in [0.05, 0.1) is 0 Å². The van der Waals surface area contributed by atoms with Crippen LogP contribution in [-0.4, -0.2) is 24.5 Å². The zero-order valence-corrected chi connectivity index (χ0v) is 11.3. The highest BCUT2D eigenvalue weighted by atomic mass is 15.2. The Labute approximate surface area is 110 Å². The van der Waals surface area contributed by atoms with Crippen molar-refractivity contribution in [1.29, 1.82) is 0 Å². The van der Waals surface area contributed by atoms with E-state index in [0.717, 1.165) is 18.4 Å². The average molecular weight is 244 g/mol. The van der Waals surface area contributed by atoms with Crippen LogP contribution in [0.15, 0.2) is 24.3 Å². The first-order valence-electron chi connectivity index (χ1n) is 7.28. The van der Waals surface area contributed by atoms with Gasteiger partial charge in [0.1, 0.15) is 0 Å². The Morgan fingerprint density at radius 3 is 2.33 bits per heavy atom. The summed E-state index contributed by atoms with van der Waals surface area (Å²) in [6.07, 6.45) is 4.32. The third kappa shape index (κ3) is 2.19. The predicted molar refractivity (Wildman–Crippen MR) is 75.4 cm³/mol. The number of rotatable bonds is 3. The van der Waals surface area contributed by atoms with Gasteiger partial charge in [0.25, 0.3) is 0 Å². The first-order valence-corrected chi connectivity index (χ1v) is 7.28. The molecule has 0 radical (unpaired) electrons. The normalized spacial score (nSPS) is 29.4. The number of fused-ring (bicyclic) bond motifs is 1. The molecule has 98 valence electrons. The SMILES string of the molecule is Cc1ccc(C(CN)N2CC3CCCC3C2)cc1. The van der Waals surface area contributed by atoms with Crippen molar-refractivity contribution in [1.82, 2.24) is 4.90 Å². The molecular weight excluding hydrogens is 220 g/mol. The van der Waals surface area contributed by atoms with Gasteiger partial charge < -0.3 is 5.73 Å². The number of hydrogen-bond donors (Lipinski definition) is 1. The van der Waals surface area contributed by atoms with Gasteiger partial charge in [-0.15, -0.1) is 0 Å². The van der Waals surface area contributed by atoms with Gasteiger partial charge in [-0.2, -0.15) is 0 Å². The van der Waals surface area contributed by atoms with Gasteiger partial charge in [0.15, 0.2) is 0 Å². The minimum absolute atomic E-state index is 0.427. The highest BCUT2D eigenvalue weighted by Crippen LogP contribution is 2.40. The van der Waals surface area contributed by atoms with Crippen molar-refractivity contribution in [3.05, 3.63) is 35.4 Å². The molecule has 1 heterocycles. The fourth-order valence-electron chi connectivity index (χ4n) is 3.81. The molecule has 3 atom stereocenters. The fourth-order valence-corrected chi connectivity index (χ4v) is 3.81. The van der Waals surface area contributed by atoms with Crippen LogP contribution in [0.3, 0.4) is 0 Å². The molecule has 0 bridgehead atoms. The van der Waals surface area contributed by atoms with Gasteiger partial charge in [0, 0.05) is 25.7 Å². The van der Waals surface area contributed by atoms with Crippen LogP contribution in [0.4, 0.5) is 0 Å². The molecule has 3 unspecified atom stereocenters. The van der Waals surface area contributed by atoms with E-state index in [4.69, 9.17) is 5.73 Å². The molecule has 2 N–H and O–H groups in total. The third-order valence-corrected chi connectivity index (χ3v) is 4.88. The van der Waals surface area contributed by atoms with Gasteiger partial charge in [-0.25, -0.2) is 0 Å².